The fourth-order valence-electron chi connectivity index (χ4n) is 4.29. The Hall–Kier alpha value is -3.69. The highest BCUT2D eigenvalue weighted by Gasteiger charge is 2.25. The summed E-state index contributed by atoms with van der Waals surface area (Å²) < 4.78 is 7.30. The third-order valence-corrected chi connectivity index (χ3v) is 6.59. The SMILES string of the molecule is C[C@H]1CC[C@@H](n2cc(NC(=O)c3coc(-c4ccnc(NCC5CC5)c4)n3)c(C(N)=O)n2)CC1. The van der Waals surface area contributed by atoms with Gasteiger partial charge in [0.15, 0.2) is 11.4 Å². The Bertz CT molecular complexity index is 1190. The molecule has 2 saturated carbocycles. The van der Waals surface area contributed by atoms with E-state index in [0.29, 0.717) is 17.4 Å². The first-order valence-corrected chi connectivity index (χ1v) is 11.8. The molecule has 34 heavy (non-hydrogen) atoms. The van der Waals surface area contributed by atoms with Gasteiger partial charge in [0.25, 0.3) is 11.8 Å². The highest BCUT2D eigenvalue weighted by Crippen LogP contribution is 2.33. The average molecular weight is 464 g/mol. The van der Waals surface area contributed by atoms with Crippen LogP contribution >= 0.6 is 0 Å². The number of nitrogens with two attached hydrogens (primary N) is 1. The van der Waals surface area contributed by atoms with Crippen LogP contribution in [0.25, 0.3) is 11.5 Å². The highest BCUT2D eigenvalue weighted by molar-refractivity contribution is 6.07. The minimum absolute atomic E-state index is 0.0382. The summed E-state index contributed by atoms with van der Waals surface area (Å²) in [5.74, 6) is 1.26. The first kappa shape index (κ1) is 22.1. The molecular weight excluding hydrogens is 434 g/mol. The number of carbonyl (C=O) groups is 2. The summed E-state index contributed by atoms with van der Waals surface area (Å²) in [4.78, 5) is 33.5. The number of pyridine rings is 1. The molecule has 3 heterocycles. The van der Waals surface area contributed by atoms with Crippen LogP contribution in [0.1, 0.15) is 72.5 Å². The van der Waals surface area contributed by atoms with Crippen LogP contribution in [0.15, 0.2) is 35.2 Å². The molecule has 4 N–H and O–H groups in total. The van der Waals surface area contributed by atoms with Gasteiger partial charge in [0.1, 0.15) is 12.1 Å². The smallest absolute Gasteiger partial charge is 0.277 e. The lowest BCUT2D eigenvalue weighted by Crippen LogP contribution is -2.19. The molecule has 0 unspecified atom stereocenters. The summed E-state index contributed by atoms with van der Waals surface area (Å²) in [7, 11) is 0. The second-order valence-electron chi connectivity index (χ2n) is 9.40. The van der Waals surface area contributed by atoms with Crippen LogP contribution in [0.2, 0.25) is 0 Å². The number of anilines is 2. The molecule has 2 aliphatic rings. The molecule has 0 aromatic carbocycles. The number of amides is 2. The summed E-state index contributed by atoms with van der Waals surface area (Å²) in [5, 5.41) is 10.4. The third kappa shape index (κ3) is 4.95. The summed E-state index contributed by atoms with van der Waals surface area (Å²) in [6.45, 7) is 3.13. The summed E-state index contributed by atoms with van der Waals surface area (Å²) in [6.07, 6.45) is 11.3. The number of oxazole rings is 1. The number of rotatable bonds is 8. The molecule has 0 atom stereocenters. The van der Waals surface area contributed by atoms with Crippen molar-refractivity contribution in [2.24, 2.45) is 17.6 Å². The monoisotopic (exact) mass is 463 g/mol. The molecular formula is C24H29N7O3. The van der Waals surface area contributed by atoms with Gasteiger partial charge < -0.3 is 20.8 Å². The van der Waals surface area contributed by atoms with Crippen molar-refractivity contribution in [2.75, 3.05) is 17.2 Å². The number of nitrogens with zero attached hydrogens (tertiary/aromatic N) is 4. The largest absolute Gasteiger partial charge is 0.444 e. The number of aromatic nitrogens is 4. The van der Waals surface area contributed by atoms with Crippen molar-refractivity contribution >= 4 is 23.3 Å². The Morgan fingerprint density at radius 1 is 1.21 bits per heavy atom. The quantitative estimate of drug-likeness (QED) is 0.460. The molecule has 3 aromatic heterocycles. The lowest BCUT2D eigenvalue weighted by molar-refractivity contribution is 0.0994. The summed E-state index contributed by atoms with van der Waals surface area (Å²) in [6, 6.07) is 3.81. The summed E-state index contributed by atoms with van der Waals surface area (Å²) >= 11 is 0. The zero-order valence-electron chi connectivity index (χ0n) is 19.2. The van der Waals surface area contributed by atoms with Crippen molar-refractivity contribution < 1.29 is 14.0 Å². The number of hydrogen-bond acceptors (Lipinski definition) is 7. The topological polar surface area (TPSA) is 141 Å². The molecule has 0 spiro atoms. The Balaban J connectivity index is 1.29. The Morgan fingerprint density at radius 3 is 2.74 bits per heavy atom. The van der Waals surface area contributed by atoms with Crippen molar-refractivity contribution in [3.05, 3.63) is 42.2 Å². The molecule has 0 aliphatic heterocycles. The van der Waals surface area contributed by atoms with E-state index in [1.54, 1.807) is 23.1 Å². The molecule has 10 nitrogen and oxygen atoms in total. The van der Waals surface area contributed by atoms with Gasteiger partial charge in [-0.25, -0.2) is 9.97 Å². The standard InChI is InChI=1S/C24H29N7O3/c1-14-2-6-17(7-3-14)31-12-18(21(30-31)22(25)32)28-23(33)19-13-34-24(29-19)16-8-9-26-20(10-16)27-11-15-4-5-15/h8-10,12-15,17H,2-7,11H2,1H3,(H2,25,32)(H,26,27)(H,28,33)/t14-,17+. The number of nitrogens with one attached hydrogen (secondary N) is 2. The predicted molar refractivity (Wildman–Crippen MR) is 126 cm³/mol. The van der Waals surface area contributed by atoms with E-state index in [-0.39, 0.29) is 23.1 Å². The van der Waals surface area contributed by atoms with Crippen LogP contribution in [0.4, 0.5) is 11.5 Å². The van der Waals surface area contributed by atoms with E-state index in [4.69, 9.17) is 10.2 Å². The van der Waals surface area contributed by atoms with Gasteiger partial charge in [0, 0.05) is 24.5 Å². The first-order valence-electron chi connectivity index (χ1n) is 11.8. The lowest BCUT2D eigenvalue weighted by atomic mass is 9.87. The van der Waals surface area contributed by atoms with Crippen molar-refractivity contribution in [3.63, 3.8) is 0 Å². The second-order valence-corrected chi connectivity index (χ2v) is 9.40. The maximum atomic E-state index is 12.9. The van der Waals surface area contributed by atoms with E-state index in [0.717, 1.165) is 44.0 Å². The molecule has 178 valence electrons. The van der Waals surface area contributed by atoms with E-state index < -0.39 is 11.8 Å². The second kappa shape index (κ2) is 9.28. The lowest BCUT2D eigenvalue weighted by Gasteiger charge is -2.26. The number of primary amides is 1. The zero-order valence-corrected chi connectivity index (χ0v) is 19.2. The maximum absolute atomic E-state index is 12.9. The first-order chi connectivity index (χ1) is 16.5. The molecule has 10 heteroatoms. The van der Waals surface area contributed by atoms with E-state index >= 15 is 0 Å². The Kier molecular flexibility index (Phi) is 6.04. The number of hydrogen-bond donors (Lipinski definition) is 3. The average Bonchev–Trinajstić information content (AvgIpc) is 3.35. The molecule has 0 bridgehead atoms. The van der Waals surface area contributed by atoms with Gasteiger partial charge in [-0.1, -0.05) is 6.92 Å². The van der Waals surface area contributed by atoms with Crippen LogP contribution in [-0.2, 0) is 0 Å². The van der Waals surface area contributed by atoms with Gasteiger partial charge in [-0.3, -0.25) is 14.3 Å². The van der Waals surface area contributed by atoms with Gasteiger partial charge in [0.2, 0.25) is 5.89 Å². The molecule has 3 aromatic rings. The van der Waals surface area contributed by atoms with E-state index in [1.165, 1.54) is 19.1 Å². The van der Waals surface area contributed by atoms with Crippen LogP contribution < -0.4 is 16.4 Å². The van der Waals surface area contributed by atoms with Crippen molar-refractivity contribution in [3.8, 4) is 11.5 Å². The van der Waals surface area contributed by atoms with Crippen molar-refractivity contribution in [1.82, 2.24) is 19.7 Å². The van der Waals surface area contributed by atoms with Gasteiger partial charge >= 0.3 is 0 Å². The van der Waals surface area contributed by atoms with Gasteiger partial charge in [-0.2, -0.15) is 5.10 Å². The van der Waals surface area contributed by atoms with Gasteiger partial charge in [-0.15, -0.1) is 0 Å². The molecule has 5 rings (SSSR count). The van der Waals surface area contributed by atoms with Crippen LogP contribution in [0.3, 0.4) is 0 Å². The van der Waals surface area contributed by atoms with Crippen molar-refractivity contribution in [2.45, 2.75) is 51.5 Å². The van der Waals surface area contributed by atoms with Crippen LogP contribution in [0.5, 0.6) is 0 Å². The minimum Gasteiger partial charge on any atom is -0.444 e. The molecule has 2 fully saturated rings. The molecule has 2 aliphatic carbocycles. The predicted octanol–water partition coefficient (Wildman–Crippen LogP) is 3.86. The number of carbonyl (C=O) groups excluding carboxylic acids is 2. The van der Waals surface area contributed by atoms with E-state index in [9.17, 15) is 9.59 Å². The van der Waals surface area contributed by atoms with Crippen LogP contribution in [-0.4, -0.2) is 38.1 Å². The van der Waals surface area contributed by atoms with E-state index in [1.807, 2.05) is 6.07 Å². The summed E-state index contributed by atoms with van der Waals surface area (Å²) in [5.41, 5.74) is 6.64. The van der Waals surface area contributed by atoms with E-state index in [2.05, 4.69) is 32.6 Å². The Morgan fingerprint density at radius 2 is 2.00 bits per heavy atom. The zero-order chi connectivity index (χ0) is 23.7. The molecule has 0 saturated heterocycles. The van der Waals surface area contributed by atoms with Gasteiger partial charge in [-0.05, 0) is 62.5 Å². The molecule has 0 radical (unpaired) electrons. The highest BCUT2D eigenvalue weighted by atomic mass is 16.3. The van der Waals surface area contributed by atoms with Crippen molar-refractivity contribution in [1.29, 1.82) is 0 Å². The fourth-order valence-corrected chi connectivity index (χ4v) is 4.29. The molecule has 2 amide bonds. The minimum atomic E-state index is -0.693. The Labute approximate surface area is 197 Å². The fraction of sp³-hybridized carbons (Fsp3) is 0.458. The normalized spacial score (nSPS) is 20.1. The third-order valence-electron chi connectivity index (χ3n) is 6.59. The maximum Gasteiger partial charge on any atom is 0.277 e. The van der Waals surface area contributed by atoms with Gasteiger partial charge in [0.05, 0.1) is 11.7 Å². The van der Waals surface area contributed by atoms with Crippen LogP contribution in [0, 0.1) is 11.8 Å².